The lowest BCUT2D eigenvalue weighted by Gasteiger charge is -2.17. The normalized spacial score (nSPS) is 21.9. The molecular formula is C15H20N2O3. The van der Waals surface area contributed by atoms with Gasteiger partial charge < -0.3 is 15.3 Å². The highest BCUT2D eigenvalue weighted by Gasteiger charge is 2.35. The number of hydrogen-bond donors (Lipinski definition) is 2. The van der Waals surface area contributed by atoms with Crippen LogP contribution in [0, 0.1) is 12.8 Å². The van der Waals surface area contributed by atoms with Crippen molar-refractivity contribution in [3.63, 3.8) is 0 Å². The summed E-state index contributed by atoms with van der Waals surface area (Å²) in [5.74, 6) is -0.303. The van der Waals surface area contributed by atoms with Crippen LogP contribution in [0.4, 0.5) is 0 Å². The lowest BCUT2D eigenvalue weighted by Crippen LogP contribution is -2.40. The molecule has 0 aromatic heterocycles. The van der Waals surface area contributed by atoms with Crippen molar-refractivity contribution in [2.24, 2.45) is 5.92 Å². The van der Waals surface area contributed by atoms with Gasteiger partial charge in [-0.2, -0.15) is 0 Å². The smallest absolute Gasteiger partial charge is 0.253 e. The first-order valence-corrected chi connectivity index (χ1v) is 6.75. The molecule has 20 heavy (non-hydrogen) atoms. The summed E-state index contributed by atoms with van der Waals surface area (Å²) in [7, 11) is 0. The van der Waals surface area contributed by atoms with Crippen LogP contribution in [0.3, 0.4) is 0 Å². The number of carbonyl (C=O) groups excluding carboxylic acids is 2. The van der Waals surface area contributed by atoms with Crippen LogP contribution >= 0.6 is 0 Å². The van der Waals surface area contributed by atoms with E-state index in [4.69, 9.17) is 0 Å². The predicted molar refractivity (Wildman–Crippen MR) is 75.3 cm³/mol. The molecule has 2 atom stereocenters. The molecule has 1 fully saturated rings. The molecule has 0 radical (unpaired) electrons. The number of nitrogens with one attached hydrogen (secondary N) is 1. The molecule has 0 spiro atoms. The molecule has 1 saturated heterocycles. The number of nitrogens with zero attached hydrogens (tertiary/aromatic N) is 1. The molecule has 1 aromatic rings. The van der Waals surface area contributed by atoms with Crippen LogP contribution in [0.1, 0.15) is 22.8 Å². The molecule has 2 amide bonds. The lowest BCUT2D eigenvalue weighted by molar-refractivity contribution is -0.119. The van der Waals surface area contributed by atoms with Crippen molar-refractivity contribution >= 4 is 11.8 Å². The van der Waals surface area contributed by atoms with Gasteiger partial charge in [0.25, 0.3) is 5.91 Å². The maximum absolute atomic E-state index is 12.4. The minimum Gasteiger partial charge on any atom is -0.396 e. The molecule has 1 heterocycles. The molecule has 5 nitrogen and oxygen atoms in total. The predicted octanol–water partition coefficient (Wildman–Crippen LogP) is 0.564. The lowest BCUT2D eigenvalue weighted by atomic mass is 10.1. The second kappa shape index (κ2) is 6.05. The molecule has 108 valence electrons. The van der Waals surface area contributed by atoms with Gasteiger partial charge in [0.2, 0.25) is 5.91 Å². The number of carbonyl (C=O) groups is 2. The van der Waals surface area contributed by atoms with Gasteiger partial charge in [-0.15, -0.1) is 0 Å². The summed E-state index contributed by atoms with van der Waals surface area (Å²) in [6.45, 7) is 4.28. The molecule has 1 aliphatic rings. The maximum atomic E-state index is 12.4. The van der Waals surface area contributed by atoms with Gasteiger partial charge in [-0.1, -0.05) is 17.7 Å². The average molecular weight is 276 g/mol. The summed E-state index contributed by atoms with van der Waals surface area (Å²) >= 11 is 0. The largest absolute Gasteiger partial charge is 0.396 e. The molecule has 2 rings (SSSR count). The van der Waals surface area contributed by atoms with Crippen LogP contribution in [-0.4, -0.2) is 47.6 Å². The minimum atomic E-state index is -0.174. The molecule has 0 saturated carbocycles. The zero-order valence-corrected chi connectivity index (χ0v) is 11.8. The van der Waals surface area contributed by atoms with Crippen molar-refractivity contribution < 1.29 is 14.7 Å². The number of likely N-dealkylation sites (tertiary alicyclic amines) is 1. The number of aliphatic hydroxyl groups excluding tert-OH is 1. The fourth-order valence-corrected chi connectivity index (χ4v) is 2.53. The number of aryl methyl sites for hydroxylation is 1. The van der Waals surface area contributed by atoms with E-state index in [-0.39, 0.29) is 30.4 Å². The van der Waals surface area contributed by atoms with E-state index in [1.165, 1.54) is 6.92 Å². The second-order valence-electron chi connectivity index (χ2n) is 5.33. The second-order valence-corrected chi connectivity index (χ2v) is 5.33. The highest BCUT2D eigenvalue weighted by Crippen LogP contribution is 2.19. The first-order chi connectivity index (χ1) is 9.51. The van der Waals surface area contributed by atoms with Gasteiger partial charge in [-0.05, 0) is 19.1 Å². The Morgan fingerprint density at radius 3 is 2.50 bits per heavy atom. The third-order valence-electron chi connectivity index (χ3n) is 3.65. The SMILES string of the molecule is CC(=O)N[C@@H]1CN(C(=O)c2ccc(C)cc2)C[C@H]1CO. The van der Waals surface area contributed by atoms with Crippen molar-refractivity contribution in [2.75, 3.05) is 19.7 Å². The van der Waals surface area contributed by atoms with Gasteiger partial charge >= 0.3 is 0 Å². The van der Waals surface area contributed by atoms with E-state index in [1.54, 1.807) is 17.0 Å². The van der Waals surface area contributed by atoms with Gasteiger partial charge in [-0.25, -0.2) is 0 Å². The van der Waals surface area contributed by atoms with E-state index in [1.807, 2.05) is 19.1 Å². The molecule has 5 heteroatoms. The summed E-state index contributed by atoms with van der Waals surface area (Å²) in [6, 6.07) is 7.23. The van der Waals surface area contributed by atoms with Crippen LogP contribution < -0.4 is 5.32 Å². The quantitative estimate of drug-likeness (QED) is 0.847. The Balaban J connectivity index is 2.08. The number of rotatable bonds is 3. The summed E-state index contributed by atoms with van der Waals surface area (Å²) in [6.07, 6.45) is 0. The minimum absolute atomic E-state index is 0.0391. The van der Waals surface area contributed by atoms with E-state index in [0.29, 0.717) is 18.7 Å². The van der Waals surface area contributed by atoms with Gasteiger partial charge in [0.05, 0.1) is 6.04 Å². The maximum Gasteiger partial charge on any atom is 0.253 e. The van der Waals surface area contributed by atoms with Crippen molar-refractivity contribution in [3.05, 3.63) is 35.4 Å². The van der Waals surface area contributed by atoms with Crippen molar-refractivity contribution in [2.45, 2.75) is 19.9 Å². The third kappa shape index (κ3) is 3.17. The van der Waals surface area contributed by atoms with Crippen molar-refractivity contribution in [1.82, 2.24) is 10.2 Å². The highest BCUT2D eigenvalue weighted by molar-refractivity contribution is 5.94. The first-order valence-electron chi connectivity index (χ1n) is 6.75. The number of benzene rings is 1. The Morgan fingerprint density at radius 2 is 1.95 bits per heavy atom. The summed E-state index contributed by atoms with van der Waals surface area (Å²) in [5.41, 5.74) is 1.74. The van der Waals surface area contributed by atoms with E-state index < -0.39 is 0 Å². The zero-order valence-electron chi connectivity index (χ0n) is 11.8. The number of hydrogen-bond acceptors (Lipinski definition) is 3. The molecule has 1 aliphatic heterocycles. The van der Waals surface area contributed by atoms with E-state index >= 15 is 0 Å². The Bertz CT molecular complexity index is 498. The molecule has 0 unspecified atom stereocenters. The fourth-order valence-electron chi connectivity index (χ4n) is 2.53. The molecule has 0 bridgehead atoms. The number of aliphatic hydroxyl groups is 1. The van der Waals surface area contributed by atoms with Crippen LogP contribution in [0.25, 0.3) is 0 Å². The highest BCUT2D eigenvalue weighted by atomic mass is 16.3. The van der Waals surface area contributed by atoms with Gasteiger partial charge in [0.15, 0.2) is 0 Å². The summed E-state index contributed by atoms with van der Waals surface area (Å²) < 4.78 is 0. The zero-order chi connectivity index (χ0) is 14.7. The first kappa shape index (κ1) is 14.5. The third-order valence-corrected chi connectivity index (χ3v) is 3.65. The standard InChI is InChI=1S/C15H20N2O3/c1-10-3-5-12(6-4-10)15(20)17-7-13(9-18)14(8-17)16-11(2)19/h3-6,13-14,18H,7-9H2,1-2H3,(H,16,19)/t13-,14+/m0/s1. The average Bonchev–Trinajstić information content (AvgIpc) is 2.81. The van der Waals surface area contributed by atoms with Crippen LogP contribution in [0.5, 0.6) is 0 Å². The molecular weight excluding hydrogens is 256 g/mol. The van der Waals surface area contributed by atoms with E-state index in [0.717, 1.165) is 5.56 Å². The van der Waals surface area contributed by atoms with Gasteiger partial charge in [0, 0.05) is 38.1 Å². The summed E-state index contributed by atoms with van der Waals surface area (Å²) in [5, 5.41) is 12.2. The van der Waals surface area contributed by atoms with Gasteiger partial charge in [-0.3, -0.25) is 9.59 Å². The Hall–Kier alpha value is -1.88. The van der Waals surface area contributed by atoms with E-state index in [9.17, 15) is 14.7 Å². The Kier molecular flexibility index (Phi) is 4.39. The van der Waals surface area contributed by atoms with Crippen LogP contribution in [-0.2, 0) is 4.79 Å². The summed E-state index contributed by atoms with van der Waals surface area (Å²) in [4.78, 5) is 25.2. The molecule has 0 aliphatic carbocycles. The fraction of sp³-hybridized carbons (Fsp3) is 0.467. The van der Waals surface area contributed by atoms with Gasteiger partial charge in [0.1, 0.15) is 0 Å². The van der Waals surface area contributed by atoms with Crippen LogP contribution in [0.15, 0.2) is 24.3 Å². The van der Waals surface area contributed by atoms with Crippen molar-refractivity contribution in [1.29, 1.82) is 0 Å². The van der Waals surface area contributed by atoms with E-state index in [2.05, 4.69) is 5.32 Å². The molecule has 1 aromatic carbocycles. The topological polar surface area (TPSA) is 69.6 Å². The Morgan fingerprint density at radius 1 is 1.30 bits per heavy atom. The molecule has 2 N–H and O–H groups in total. The van der Waals surface area contributed by atoms with Crippen molar-refractivity contribution in [3.8, 4) is 0 Å². The Labute approximate surface area is 118 Å². The van der Waals surface area contributed by atoms with Crippen LogP contribution in [0.2, 0.25) is 0 Å². The number of amides is 2. The monoisotopic (exact) mass is 276 g/mol.